The summed E-state index contributed by atoms with van der Waals surface area (Å²) in [6.45, 7) is 6.92. The molecule has 0 saturated heterocycles. The van der Waals surface area contributed by atoms with Gasteiger partial charge in [-0.2, -0.15) is 0 Å². The maximum absolute atomic E-state index is 13.5. The lowest BCUT2D eigenvalue weighted by atomic mass is 10.1. The molecular weight excluding hydrogens is 323 g/mol. The average Bonchev–Trinajstić information content (AvgIpc) is 2.61. The molecule has 0 aliphatic heterocycles. The zero-order valence-electron chi connectivity index (χ0n) is 15.3. The van der Waals surface area contributed by atoms with Crippen LogP contribution in [0.4, 0.5) is 4.39 Å². The maximum atomic E-state index is 13.5. The molecule has 1 aromatic rings. The number of guanidine groups is 1. The molecule has 0 radical (unpaired) electrons. The summed E-state index contributed by atoms with van der Waals surface area (Å²) in [7, 11) is 1.70. The molecule has 0 spiro atoms. The third kappa shape index (κ3) is 8.49. The molecule has 1 rings (SSSR count). The Morgan fingerprint density at radius 1 is 1.16 bits per heavy atom. The standard InChI is InChI=1S/C18H29FN4O2/c1-4-25-12-6-5-9-22-18(20-3)23-11-10-21-17(24)15-8-7-14(2)16(19)13-15/h7-8,13H,4-6,9-12H2,1-3H3,(H,21,24)(H2,20,22,23). The number of rotatable bonds is 10. The average molecular weight is 352 g/mol. The Kier molecular flexibility index (Phi) is 10.2. The van der Waals surface area contributed by atoms with E-state index in [1.54, 1.807) is 26.1 Å². The number of ether oxygens (including phenoxy) is 1. The molecule has 1 aromatic carbocycles. The molecule has 25 heavy (non-hydrogen) atoms. The normalized spacial score (nSPS) is 11.3. The number of carbonyl (C=O) groups is 1. The first-order valence-corrected chi connectivity index (χ1v) is 8.65. The molecule has 140 valence electrons. The molecule has 0 aromatic heterocycles. The van der Waals surface area contributed by atoms with Crippen molar-refractivity contribution in [3.05, 3.63) is 35.1 Å². The van der Waals surface area contributed by atoms with Crippen LogP contribution >= 0.6 is 0 Å². The second kappa shape index (κ2) is 12.2. The van der Waals surface area contributed by atoms with Crippen molar-refractivity contribution in [2.45, 2.75) is 26.7 Å². The van der Waals surface area contributed by atoms with E-state index in [2.05, 4.69) is 20.9 Å². The number of hydrogen-bond acceptors (Lipinski definition) is 3. The van der Waals surface area contributed by atoms with Gasteiger partial charge in [0.05, 0.1) is 0 Å². The molecule has 6 nitrogen and oxygen atoms in total. The molecule has 0 heterocycles. The van der Waals surface area contributed by atoms with E-state index in [0.29, 0.717) is 30.2 Å². The van der Waals surface area contributed by atoms with Gasteiger partial charge < -0.3 is 20.7 Å². The van der Waals surface area contributed by atoms with Gasteiger partial charge in [0.25, 0.3) is 5.91 Å². The van der Waals surface area contributed by atoms with Crippen LogP contribution in [0, 0.1) is 12.7 Å². The van der Waals surface area contributed by atoms with E-state index in [9.17, 15) is 9.18 Å². The van der Waals surface area contributed by atoms with Gasteiger partial charge in [-0.05, 0) is 44.4 Å². The van der Waals surface area contributed by atoms with Crippen molar-refractivity contribution in [2.24, 2.45) is 4.99 Å². The van der Waals surface area contributed by atoms with Crippen molar-refractivity contribution >= 4 is 11.9 Å². The Morgan fingerprint density at radius 3 is 2.56 bits per heavy atom. The summed E-state index contributed by atoms with van der Waals surface area (Å²) in [5.74, 6) is 0.0197. The van der Waals surface area contributed by atoms with Gasteiger partial charge in [0.1, 0.15) is 5.82 Å². The first kappa shape index (κ1) is 20.9. The predicted molar refractivity (Wildman–Crippen MR) is 98.6 cm³/mol. The summed E-state index contributed by atoms with van der Waals surface area (Å²) in [5.41, 5.74) is 0.842. The molecule has 7 heteroatoms. The fraction of sp³-hybridized carbons (Fsp3) is 0.556. The molecule has 0 aliphatic carbocycles. The third-order valence-electron chi connectivity index (χ3n) is 3.57. The lowest BCUT2D eigenvalue weighted by Crippen LogP contribution is -2.41. The molecule has 0 unspecified atom stereocenters. The Morgan fingerprint density at radius 2 is 1.88 bits per heavy atom. The van der Waals surface area contributed by atoms with Crippen LogP contribution in [-0.4, -0.2) is 51.8 Å². The van der Waals surface area contributed by atoms with Crippen molar-refractivity contribution in [2.75, 3.05) is 39.9 Å². The monoisotopic (exact) mass is 352 g/mol. The molecule has 3 N–H and O–H groups in total. The number of amides is 1. The number of nitrogens with one attached hydrogen (secondary N) is 3. The minimum atomic E-state index is -0.375. The van der Waals surface area contributed by atoms with Gasteiger partial charge in [-0.15, -0.1) is 0 Å². The van der Waals surface area contributed by atoms with Crippen LogP contribution < -0.4 is 16.0 Å². The highest BCUT2D eigenvalue weighted by Crippen LogP contribution is 2.08. The predicted octanol–water partition coefficient (Wildman–Crippen LogP) is 1.85. The van der Waals surface area contributed by atoms with Crippen molar-refractivity contribution in [3.8, 4) is 0 Å². The van der Waals surface area contributed by atoms with Gasteiger partial charge in [0.15, 0.2) is 5.96 Å². The smallest absolute Gasteiger partial charge is 0.251 e. The lowest BCUT2D eigenvalue weighted by molar-refractivity contribution is 0.0954. The van der Waals surface area contributed by atoms with Crippen LogP contribution in [0.25, 0.3) is 0 Å². The maximum Gasteiger partial charge on any atom is 0.251 e. The summed E-state index contributed by atoms with van der Waals surface area (Å²) in [5, 5.41) is 9.07. The minimum absolute atomic E-state index is 0.292. The van der Waals surface area contributed by atoms with Gasteiger partial charge in [-0.25, -0.2) is 4.39 Å². The van der Waals surface area contributed by atoms with Crippen LogP contribution in [0.5, 0.6) is 0 Å². The molecule has 1 amide bonds. The van der Waals surface area contributed by atoms with Crippen LogP contribution in [0.2, 0.25) is 0 Å². The quantitative estimate of drug-likeness (QED) is 0.341. The minimum Gasteiger partial charge on any atom is -0.382 e. The molecular formula is C18H29FN4O2. The number of hydrogen-bond donors (Lipinski definition) is 3. The second-order valence-corrected chi connectivity index (χ2v) is 5.55. The summed E-state index contributed by atoms with van der Waals surface area (Å²) in [4.78, 5) is 16.1. The number of aliphatic imine (C=N–C) groups is 1. The van der Waals surface area contributed by atoms with E-state index < -0.39 is 0 Å². The first-order valence-electron chi connectivity index (χ1n) is 8.65. The molecule has 0 aliphatic rings. The molecule has 0 bridgehead atoms. The zero-order chi connectivity index (χ0) is 18.5. The summed E-state index contributed by atoms with van der Waals surface area (Å²) in [6.07, 6.45) is 2.00. The Bertz CT molecular complexity index is 564. The SMILES string of the molecule is CCOCCCCNC(=NC)NCCNC(=O)c1ccc(C)c(F)c1. The summed E-state index contributed by atoms with van der Waals surface area (Å²) in [6, 6.07) is 4.46. The van der Waals surface area contributed by atoms with Crippen molar-refractivity contribution < 1.29 is 13.9 Å². The van der Waals surface area contributed by atoms with Gasteiger partial charge in [-0.3, -0.25) is 9.79 Å². The Labute approximate surface area is 149 Å². The van der Waals surface area contributed by atoms with Gasteiger partial charge in [0, 0.05) is 45.5 Å². The van der Waals surface area contributed by atoms with Crippen molar-refractivity contribution in [1.82, 2.24) is 16.0 Å². The molecule has 0 saturated carbocycles. The first-order chi connectivity index (χ1) is 12.1. The fourth-order valence-corrected chi connectivity index (χ4v) is 2.09. The summed E-state index contributed by atoms with van der Waals surface area (Å²) >= 11 is 0. The Balaban J connectivity index is 2.20. The fourth-order valence-electron chi connectivity index (χ4n) is 2.09. The molecule has 0 atom stereocenters. The topological polar surface area (TPSA) is 74.8 Å². The van der Waals surface area contributed by atoms with Crippen molar-refractivity contribution in [3.63, 3.8) is 0 Å². The number of benzene rings is 1. The molecule has 0 fully saturated rings. The third-order valence-corrected chi connectivity index (χ3v) is 3.57. The van der Waals surface area contributed by atoms with E-state index in [-0.39, 0.29) is 11.7 Å². The highest BCUT2D eigenvalue weighted by Gasteiger charge is 2.07. The second-order valence-electron chi connectivity index (χ2n) is 5.55. The van der Waals surface area contributed by atoms with E-state index in [1.165, 1.54) is 6.07 Å². The highest BCUT2D eigenvalue weighted by atomic mass is 19.1. The van der Waals surface area contributed by atoms with Gasteiger partial charge in [-0.1, -0.05) is 6.07 Å². The van der Waals surface area contributed by atoms with Crippen LogP contribution in [-0.2, 0) is 4.74 Å². The van der Waals surface area contributed by atoms with E-state index >= 15 is 0 Å². The van der Waals surface area contributed by atoms with E-state index in [0.717, 1.165) is 32.6 Å². The van der Waals surface area contributed by atoms with E-state index in [4.69, 9.17) is 4.74 Å². The number of aryl methyl sites for hydroxylation is 1. The number of nitrogens with zero attached hydrogens (tertiary/aromatic N) is 1. The van der Waals surface area contributed by atoms with Crippen LogP contribution in [0.15, 0.2) is 23.2 Å². The number of carbonyl (C=O) groups excluding carboxylic acids is 1. The highest BCUT2D eigenvalue weighted by molar-refractivity contribution is 5.94. The lowest BCUT2D eigenvalue weighted by Gasteiger charge is -2.12. The Hall–Kier alpha value is -2.15. The van der Waals surface area contributed by atoms with Crippen molar-refractivity contribution in [1.29, 1.82) is 0 Å². The number of unbranched alkanes of at least 4 members (excludes halogenated alkanes) is 1. The largest absolute Gasteiger partial charge is 0.382 e. The number of halogens is 1. The van der Waals surface area contributed by atoms with Crippen LogP contribution in [0.3, 0.4) is 0 Å². The van der Waals surface area contributed by atoms with Gasteiger partial charge >= 0.3 is 0 Å². The van der Waals surface area contributed by atoms with Crippen LogP contribution in [0.1, 0.15) is 35.7 Å². The zero-order valence-corrected chi connectivity index (χ0v) is 15.3. The van der Waals surface area contributed by atoms with Gasteiger partial charge in [0.2, 0.25) is 0 Å². The summed E-state index contributed by atoms with van der Waals surface area (Å²) < 4.78 is 18.8. The van der Waals surface area contributed by atoms with E-state index in [1.807, 2.05) is 6.92 Å².